The topological polar surface area (TPSA) is 126 Å². The minimum absolute atomic E-state index is 0.0224. The second-order valence-corrected chi connectivity index (χ2v) is 8.61. The summed E-state index contributed by atoms with van der Waals surface area (Å²) in [7, 11) is -3.89. The number of esters is 1. The van der Waals surface area contributed by atoms with Crippen LogP contribution in [0.15, 0.2) is 100 Å². The van der Waals surface area contributed by atoms with Crippen molar-refractivity contribution in [3.05, 3.63) is 84.9 Å². The second kappa shape index (κ2) is 11.1. The van der Waals surface area contributed by atoms with Gasteiger partial charge in [0.25, 0.3) is 5.91 Å². The maximum atomic E-state index is 12.3. The Bertz CT molecular complexity index is 1210. The molecular formula is C23H22N4O5S. The summed E-state index contributed by atoms with van der Waals surface area (Å²) in [6.45, 7) is 0.773. The number of rotatable bonds is 9. The van der Waals surface area contributed by atoms with Gasteiger partial charge in [0.2, 0.25) is 10.0 Å². The van der Waals surface area contributed by atoms with Gasteiger partial charge < -0.3 is 10.1 Å². The highest BCUT2D eigenvalue weighted by molar-refractivity contribution is 7.89. The number of carbonyl (C=O) groups is 2. The van der Waals surface area contributed by atoms with Crippen molar-refractivity contribution in [3.63, 3.8) is 0 Å². The summed E-state index contributed by atoms with van der Waals surface area (Å²) in [5, 5.41) is 10.8. The third-order valence-corrected chi connectivity index (χ3v) is 5.83. The minimum atomic E-state index is -3.89. The van der Waals surface area contributed by atoms with E-state index in [1.165, 1.54) is 19.1 Å². The zero-order valence-electron chi connectivity index (χ0n) is 17.7. The number of azo groups is 1. The molecule has 3 aromatic carbocycles. The second-order valence-electron chi connectivity index (χ2n) is 6.89. The Morgan fingerprint density at radius 3 is 2.00 bits per heavy atom. The van der Waals surface area contributed by atoms with Crippen LogP contribution in [0.3, 0.4) is 0 Å². The Morgan fingerprint density at radius 2 is 1.39 bits per heavy atom. The first-order chi connectivity index (χ1) is 15.8. The van der Waals surface area contributed by atoms with E-state index in [2.05, 4.69) is 20.3 Å². The average Bonchev–Trinajstić information content (AvgIpc) is 2.83. The zero-order chi connectivity index (χ0) is 23.7. The quantitative estimate of drug-likeness (QED) is 0.365. The Labute approximate surface area is 191 Å². The molecule has 0 aliphatic carbocycles. The SMILES string of the molecule is C[C@H](NS(=O)(=O)c1ccccc1)C(=O)OCC(=O)Nc1ccc(N=Nc2ccccc2)cc1. The van der Waals surface area contributed by atoms with E-state index >= 15 is 0 Å². The van der Waals surface area contributed by atoms with Crippen LogP contribution in [0.25, 0.3) is 0 Å². The molecule has 1 amide bonds. The van der Waals surface area contributed by atoms with Gasteiger partial charge in [0.1, 0.15) is 6.04 Å². The molecule has 0 saturated heterocycles. The molecule has 0 radical (unpaired) electrons. The minimum Gasteiger partial charge on any atom is -0.454 e. The van der Waals surface area contributed by atoms with Gasteiger partial charge in [0, 0.05) is 5.69 Å². The fourth-order valence-electron chi connectivity index (χ4n) is 2.63. The van der Waals surface area contributed by atoms with Crippen molar-refractivity contribution < 1.29 is 22.7 Å². The molecule has 0 saturated carbocycles. The summed E-state index contributed by atoms with van der Waals surface area (Å²) in [6, 6.07) is 22.3. The molecule has 170 valence electrons. The molecule has 0 unspecified atom stereocenters. The molecular weight excluding hydrogens is 444 g/mol. The van der Waals surface area contributed by atoms with E-state index in [1.54, 1.807) is 42.5 Å². The van der Waals surface area contributed by atoms with E-state index in [0.717, 1.165) is 5.69 Å². The van der Waals surface area contributed by atoms with Crippen LogP contribution in [0.5, 0.6) is 0 Å². The number of benzene rings is 3. The smallest absolute Gasteiger partial charge is 0.324 e. The first-order valence-corrected chi connectivity index (χ1v) is 11.4. The van der Waals surface area contributed by atoms with Crippen molar-refractivity contribution in [3.8, 4) is 0 Å². The molecule has 0 heterocycles. The molecule has 3 aromatic rings. The van der Waals surface area contributed by atoms with Gasteiger partial charge in [0.05, 0.1) is 16.3 Å². The Morgan fingerprint density at radius 1 is 0.848 bits per heavy atom. The van der Waals surface area contributed by atoms with Crippen LogP contribution in [0.1, 0.15) is 6.92 Å². The molecule has 0 bridgehead atoms. The number of hydrogen-bond acceptors (Lipinski definition) is 7. The summed E-state index contributed by atoms with van der Waals surface area (Å²) >= 11 is 0. The number of hydrogen-bond donors (Lipinski definition) is 2. The summed E-state index contributed by atoms with van der Waals surface area (Å²) in [5.74, 6) is -1.44. The molecule has 0 aliphatic heterocycles. The van der Waals surface area contributed by atoms with Crippen molar-refractivity contribution in [2.75, 3.05) is 11.9 Å². The van der Waals surface area contributed by atoms with Crippen LogP contribution >= 0.6 is 0 Å². The number of nitrogens with one attached hydrogen (secondary N) is 2. The van der Waals surface area contributed by atoms with Crippen LogP contribution in [0.4, 0.5) is 17.1 Å². The Hall–Kier alpha value is -3.89. The monoisotopic (exact) mass is 466 g/mol. The van der Waals surface area contributed by atoms with E-state index in [1.807, 2.05) is 30.3 Å². The fourth-order valence-corrected chi connectivity index (χ4v) is 3.84. The number of nitrogens with zero attached hydrogens (tertiary/aromatic N) is 2. The largest absolute Gasteiger partial charge is 0.454 e. The molecule has 3 rings (SSSR count). The van der Waals surface area contributed by atoms with Gasteiger partial charge in [-0.3, -0.25) is 9.59 Å². The van der Waals surface area contributed by atoms with Gasteiger partial charge in [-0.25, -0.2) is 8.42 Å². The lowest BCUT2D eigenvalue weighted by atomic mass is 10.3. The summed E-state index contributed by atoms with van der Waals surface area (Å²) in [4.78, 5) is 24.2. The van der Waals surface area contributed by atoms with E-state index in [0.29, 0.717) is 11.4 Å². The highest BCUT2D eigenvalue weighted by atomic mass is 32.2. The normalized spacial score (nSPS) is 12.3. The molecule has 33 heavy (non-hydrogen) atoms. The van der Waals surface area contributed by atoms with Crippen LogP contribution in [0.2, 0.25) is 0 Å². The summed E-state index contributed by atoms with van der Waals surface area (Å²) < 4.78 is 31.7. The van der Waals surface area contributed by atoms with Crippen LogP contribution < -0.4 is 10.0 Å². The van der Waals surface area contributed by atoms with E-state index in [4.69, 9.17) is 4.74 Å². The van der Waals surface area contributed by atoms with Crippen molar-refractivity contribution >= 4 is 39.0 Å². The highest BCUT2D eigenvalue weighted by Gasteiger charge is 2.23. The van der Waals surface area contributed by atoms with Crippen LogP contribution in [0, 0.1) is 0 Å². The average molecular weight is 467 g/mol. The molecule has 0 fully saturated rings. The lowest BCUT2D eigenvalue weighted by molar-refractivity contribution is -0.148. The van der Waals surface area contributed by atoms with E-state index in [9.17, 15) is 18.0 Å². The molecule has 0 aromatic heterocycles. The molecule has 1 atom stereocenters. The van der Waals surface area contributed by atoms with Gasteiger partial charge in [-0.05, 0) is 55.5 Å². The maximum absolute atomic E-state index is 12.3. The number of anilines is 1. The van der Waals surface area contributed by atoms with Crippen LogP contribution in [-0.2, 0) is 24.3 Å². The molecule has 0 spiro atoms. The highest BCUT2D eigenvalue weighted by Crippen LogP contribution is 2.20. The summed E-state index contributed by atoms with van der Waals surface area (Å²) in [5.41, 5.74) is 1.80. The molecule has 0 aliphatic rings. The Balaban J connectivity index is 1.46. The lowest BCUT2D eigenvalue weighted by Crippen LogP contribution is -2.40. The van der Waals surface area contributed by atoms with Gasteiger partial charge >= 0.3 is 5.97 Å². The first kappa shape index (κ1) is 23.8. The molecule has 10 heteroatoms. The van der Waals surface area contributed by atoms with Gasteiger partial charge in [-0.2, -0.15) is 15.0 Å². The zero-order valence-corrected chi connectivity index (χ0v) is 18.5. The Kier molecular flexibility index (Phi) is 8.01. The van der Waals surface area contributed by atoms with Crippen molar-refractivity contribution in [1.29, 1.82) is 0 Å². The summed E-state index contributed by atoms with van der Waals surface area (Å²) in [6.07, 6.45) is 0. The van der Waals surface area contributed by atoms with Crippen molar-refractivity contribution in [2.45, 2.75) is 17.9 Å². The third-order valence-electron chi connectivity index (χ3n) is 4.27. The van der Waals surface area contributed by atoms with Gasteiger partial charge in [0.15, 0.2) is 6.61 Å². The lowest BCUT2D eigenvalue weighted by Gasteiger charge is -2.13. The van der Waals surface area contributed by atoms with Crippen LogP contribution in [-0.4, -0.2) is 32.9 Å². The number of sulfonamides is 1. The number of amides is 1. The third kappa shape index (κ3) is 7.34. The van der Waals surface area contributed by atoms with E-state index in [-0.39, 0.29) is 4.90 Å². The molecule has 9 nitrogen and oxygen atoms in total. The molecule has 2 N–H and O–H groups in total. The van der Waals surface area contributed by atoms with Crippen molar-refractivity contribution in [2.24, 2.45) is 10.2 Å². The van der Waals surface area contributed by atoms with Gasteiger partial charge in [-0.1, -0.05) is 36.4 Å². The maximum Gasteiger partial charge on any atom is 0.324 e. The van der Waals surface area contributed by atoms with Crippen molar-refractivity contribution in [1.82, 2.24) is 4.72 Å². The first-order valence-electron chi connectivity index (χ1n) is 9.94. The predicted octanol–water partition coefficient (Wildman–Crippen LogP) is 3.95. The van der Waals surface area contributed by atoms with Gasteiger partial charge in [-0.15, -0.1) is 0 Å². The predicted molar refractivity (Wildman–Crippen MR) is 123 cm³/mol. The standard InChI is InChI=1S/C23H22N4O5S/c1-17(27-33(30,31)21-10-6-3-7-11-21)23(29)32-16-22(28)24-18-12-14-20(15-13-18)26-25-19-8-4-2-5-9-19/h2-15,17,27H,16H2,1H3,(H,24,28)/t17-/m0/s1. The van der Waals surface area contributed by atoms with E-state index < -0.39 is 34.5 Å². The number of carbonyl (C=O) groups excluding carboxylic acids is 2. The number of ether oxygens (including phenoxy) is 1. The fraction of sp³-hybridized carbons (Fsp3) is 0.130.